The average Bonchev–Trinajstić information content (AvgIpc) is 2.80. The van der Waals surface area contributed by atoms with Gasteiger partial charge in [-0.05, 0) is 26.0 Å². The number of aromatic nitrogens is 1. The summed E-state index contributed by atoms with van der Waals surface area (Å²) < 4.78 is 0. The van der Waals surface area contributed by atoms with Gasteiger partial charge in [0.15, 0.2) is 0 Å². The highest BCUT2D eigenvalue weighted by molar-refractivity contribution is 7.99. The molecule has 5 nitrogen and oxygen atoms in total. The van der Waals surface area contributed by atoms with Crippen LogP contribution in [-0.4, -0.2) is 27.5 Å². The zero-order chi connectivity index (χ0) is 13.1. The van der Waals surface area contributed by atoms with Crippen molar-refractivity contribution in [2.24, 2.45) is 0 Å². The van der Waals surface area contributed by atoms with Gasteiger partial charge in [0, 0.05) is 35.7 Å². The van der Waals surface area contributed by atoms with Gasteiger partial charge in [-0.2, -0.15) is 11.8 Å². The van der Waals surface area contributed by atoms with Gasteiger partial charge in [0.1, 0.15) is 0 Å². The fraction of sp³-hybridized carbons (Fsp3) is 0.583. The predicted octanol–water partition coefficient (Wildman–Crippen LogP) is 2.20. The maximum Gasteiger partial charge on any atom is 0.278 e. The highest BCUT2D eigenvalue weighted by Crippen LogP contribution is 2.24. The van der Waals surface area contributed by atoms with Crippen LogP contribution in [0.2, 0.25) is 0 Å². The number of aryl methyl sites for hydroxylation is 1. The molecule has 2 heterocycles. The first kappa shape index (κ1) is 13.3. The Labute approximate surface area is 111 Å². The van der Waals surface area contributed by atoms with Crippen LogP contribution >= 0.6 is 11.8 Å². The zero-order valence-electron chi connectivity index (χ0n) is 10.6. The third kappa shape index (κ3) is 2.81. The molecule has 0 saturated carbocycles. The average molecular weight is 267 g/mol. The van der Waals surface area contributed by atoms with Crippen LogP contribution in [0, 0.1) is 24.0 Å². The molecule has 1 aliphatic heterocycles. The molecule has 2 rings (SSSR count). The number of nitrogens with zero attached hydrogens (tertiary/aromatic N) is 2. The fourth-order valence-corrected chi connectivity index (χ4v) is 3.35. The maximum absolute atomic E-state index is 11.0. The van der Waals surface area contributed by atoms with Gasteiger partial charge in [-0.25, -0.2) is 0 Å². The van der Waals surface area contributed by atoms with Crippen LogP contribution in [0.4, 0.5) is 5.69 Å². The lowest BCUT2D eigenvalue weighted by molar-refractivity contribution is -0.386. The van der Waals surface area contributed by atoms with E-state index in [0.29, 0.717) is 23.7 Å². The van der Waals surface area contributed by atoms with E-state index in [2.05, 4.69) is 10.3 Å². The molecule has 1 aromatic heterocycles. The van der Waals surface area contributed by atoms with Gasteiger partial charge >= 0.3 is 0 Å². The van der Waals surface area contributed by atoms with E-state index >= 15 is 0 Å². The van der Waals surface area contributed by atoms with Crippen LogP contribution in [-0.2, 0) is 6.54 Å². The number of hydrogen-bond donors (Lipinski definition) is 1. The smallest absolute Gasteiger partial charge is 0.278 e. The molecular weight excluding hydrogens is 250 g/mol. The van der Waals surface area contributed by atoms with Crippen molar-refractivity contribution < 1.29 is 4.92 Å². The first-order valence-corrected chi connectivity index (χ1v) is 7.15. The van der Waals surface area contributed by atoms with Crippen LogP contribution in [0.15, 0.2) is 6.20 Å². The number of hydrogen-bond acceptors (Lipinski definition) is 5. The summed E-state index contributed by atoms with van der Waals surface area (Å²) in [5, 5.41) is 14.4. The monoisotopic (exact) mass is 267 g/mol. The van der Waals surface area contributed by atoms with E-state index < -0.39 is 0 Å². The Morgan fingerprint density at radius 2 is 2.39 bits per heavy atom. The Balaban J connectivity index is 2.12. The van der Waals surface area contributed by atoms with Crippen LogP contribution in [0.25, 0.3) is 0 Å². The summed E-state index contributed by atoms with van der Waals surface area (Å²) in [7, 11) is 0. The van der Waals surface area contributed by atoms with E-state index in [-0.39, 0.29) is 10.6 Å². The number of rotatable bonds is 4. The normalized spacial score (nSPS) is 19.1. The molecule has 1 aromatic rings. The van der Waals surface area contributed by atoms with Gasteiger partial charge in [-0.3, -0.25) is 15.1 Å². The van der Waals surface area contributed by atoms with Crippen LogP contribution in [0.5, 0.6) is 0 Å². The molecule has 1 aliphatic rings. The summed E-state index contributed by atoms with van der Waals surface area (Å²) in [6.45, 7) is 4.11. The first-order chi connectivity index (χ1) is 8.59. The highest BCUT2D eigenvalue weighted by Gasteiger charge is 2.20. The Hall–Kier alpha value is -1.14. The fourth-order valence-electron chi connectivity index (χ4n) is 2.16. The molecule has 0 radical (unpaired) electrons. The second-order valence-corrected chi connectivity index (χ2v) is 5.71. The molecule has 1 fully saturated rings. The van der Waals surface area contributed by atoms with Gasteiger partial charge in [0.2, 0.25) is 0 Å². The summed E-state index contributed by atoms with van der Waals surface area (Å²) in [5.74, 6) is 2.31. The van der Waals surface area contributed by atoms with Crippen molar-refractivity contribution in [1.82, 2.24) is 10.3 Å². The summed E-state index contributed by atoms with van der Waals surface area (Å²) >= 11 is 1.94. The van der Waals surface area contributed by atoms with Crippen molar-refractivity contribution >= 4 is 17.4 Å². The SMILES string of the molecule is Cc1cnc(CNC2CCSC2)c(C)c1[N+](=O)[O-]. The van der Waals surface area contributed by atoms with E-state index in [9.17, 15) is 10.1 Å². The van der Waals surface area contributed by atoms with E-state index in [1.165, 1.54) is 5.75 Å². The minimum atomic E-state index is -0.318. The lowest BCUT2D eigenvalue weighted by atomic mass is 10.1. The number of pyridine rings is 1. The molecule has 18 heavy (non-hydrogen) atoms. The molecule has 0 bridgehead atoms. The van der Waals surface area contributed by atoms with Crippen molar-refractivity contribution in [2.75, 3.05) is 11.5 Å². The summed E-state index contributed by atoms with van der Waals surface area (Å²) in [4.78, 5) is 15.0. The minimum Gasteiger partial charge on any atom is -0.308 e. The first-order valence-electron chi connectivity index (χ1n) is 6.00. The Bertz CT molecular complexity index is 459. The highest BCUT2D eigenvalue weighted by atomic mass is 32.2. The molecule has 98 valence electrons. The van der Waals surface area contributed by atoms with Gasteiger partial charge in [-0.15, -0.1) is 0 Å². The van der Waals surface area contributed by atoms with Gasteiger partial charge in [0.25, 0.3) is 5.69 Å². The summed E-state index contributed by atoms with van der Waals surface area (Å²) in [6, 6.07) is 0.511. The second-order valence-electron chi connectivity index (χ2n) is 4.56. The molecule has 6 heteroatoms. The van der Waals surface area contributed by atoms with Crippen LogP contribution in [0.1, 0.15) is 23.2 Å². The van der Waals surface area contributed by atoms with Gasteiger partial charge in [0.05, 0.1) is 10.6 Å². The molecule has 1 unspecified atom stereocenters. The van der Waals surface area contributed by atoms with Crippen molar-refractivity contribution in [3.63, 3.8) is 0 Å². The summed E-state index contributed by atoms with van der Waals surface area (Å²) in [6.07, 6.45) is 2.75. The number of thioether (sulfide) groups is 1. The van der Waals surface area contributed by atoms with E-state index in [1.54, 1.807) is 20.0 Å². The van der Waals surface area contributed by atoms with Gasteiger partial charge < -0.3 is 5.32 Å². The van der Waals surface area contributed by atoms with Crippen molar-refractivity contribution in [2.45, 2.75) is 32.9 Å². The lowest BCUT2D eigenvalue weighted by Gasteiger charge is -2.12. The molecule has 1 saturated heterocycles. The van der Waals surface area contributed by atoms with E-state index in [1.807, 2.05) is 11.8 Å². The summed E-state index contributed by atoms with van der Waals surface area (Å²) in [5.41, 5.74) is 2.28. The number of nitro groups is 1. The molecule has 0 aliphatic carbocycles. The van der Waals surface area contributed by atoms with Crippen molar-refractivity contribution in [3.05, 3.63) is 33.1 Å². The van der Waals surface area contributed by atoms with Crippen LogP contribution in [0.3, 0.4) is 0 Å². The number of nitrogens with one attached hydrogen (secondary N) is 1. The molecule has 0 amide bonds. The molecule has 0 spiro atoms. The lowest BCUT2D eigenvalue weighted by Crippen LogP contribution is -2.28. The molecular formula is C12H17N3O2S. The molecule has 1 N–H and O–H groups in total. The topological polar surface area (TPSA) is 68.1 Å². The third-order valence-corrected chi connectivity index (χ3v) is 4.41. The van der Waals surface area contributed by atoms with E-state index in [0.717, 1.165) is 17.9 Å². The largest absolute Gasteiger partial charge is 0.308 e. The Morgan fingerprint density at radius 3 is 3.00 bits per heavy atom. The zero-order valence-corrected chi connectivity index (χ0v) is 11.4. The van der Waals surface area contributed by atoms with E-state index in [4.69, 9.17) is 0 Å². The molecule has 1 atom stereocenters. The third-order valence-electron chi connectivity index (χ3n) is 3.25. The molecule has 0 aromatic carbocycles. The minimum absolute atomic E-state index is 0.197. The van der Waals surface area contributed by atoms with Crippen molar-refractivity contribution in [1.29, 1.82) is 0 Å². The quantitative estimate of drug-likeness (QED) is 0.669. The Kier molecular flexibility index (Phi) is 4.19. The Morgan fingerprint density at radius 1 is 1.61 bits per heavy atom. The maximum atomic E-state index is 11.0. The van der Waals surface area contributed by atoms with Gasteiger partial charge in [-0.1, -0.05) is 0 Å². The standard InChI is InChI=1S/C12H17N3O2S/c1-8-5-14-11(9(2)12(8)15(16)17)6-13-10-3-4-18-7-10/h5,10,13H,3-4,6-7H2,1-2H3. The van der Waals surface area contributed by atoms with Crippen molar-refractivity contribution in [3.8, 4) is 0 Å². The predicted molar refractivity (Wildman–Crippen MR) is 72.9 cm³/mol. The second kappa shape index (κ2) is 5.67. The van der Waals surface area contributed by atoms with Crippen LogP contribution < -0.4 is 5.32 Å².